The van der Waals surface area contributed by atoms with Gasteiger partial charge < -0.3 is 20.4 Å². The molecule has 0 radical (unpaired) electrons. The van der Waals surface area contributed by atoms with Gasteiger partial charge in [-0.25, -0.2) is 4.79 Å². The minimum Gasteiger partial charge on any atom is -0.480 e. The fourth-order valence-electron chi connectivity index (χ4n) is 1.75. The molecule has 1 aromatic carbocycles. The Morgan fingerprint density at radius 3 is 2.43 bits per heavy atom. The van der Waals surface area contributed by atoms with Crippen LogP contribution in [-0.2, 0) is 9.59 Å². The Morgan fingerprint density at radius 1 is 1.29 bits per heavy atom. The average molecular weight is 294 g/mol. The van der Waals surface area contributed by atoms with Crippen molar-refractivity contribution in [3.05, 3.63) is 29.8 Å². The van der Waals surface area contributed by atoms with Crippen LogP contribution in [0.2, 0.25) is 0 Å². The Bertz CT molecular complexity index is 544. The van der Waals surface area contributed by atoms with E-state index in [1.807, 2.05) is 0 Å². The SMILES string of the molecule is CC(=O)N(C)c1ccccc1C(=O)NC(CCO)C(=O)O. The summed E-state index contributed by atoms with van der Waals surface area (Å²) < 4.78 is 0. The molecule has 7 heteroatoms. The van der Waals surface area contributed by atoms with Gasteiger partial charge in [0.05, 0.1) is 11.3 Å². The predicted octanol–water partition coefficient (Wildman–Crippen LogP) is 0.235. The van der Waals surface area contributed by atoms with Crippen molar-refractivity contribution < 1.29 is 24.6 Å². The summed E-state index contributed by atoms with van der Waals surface area (Å²) in [5, 5.41) is 20.1. The Kier molecular flexibility index (Phi) is 5.86. The molecule has 21 heavy (non-hydrogen) atoms. The number of hydrogen-bond acceptors (Lipinski definition) is 4. The quantitative estimate of drug-likeness (QED) is 0.696. The number of nitrogens with one attached hydrogen (secondary N) is 1. The van der Waals surface area contributed by atoms with E-state index in [2.05, 4.69) is 5.32 Å². The van der Waals surface area contributed by atoms with E-state index >= 15 is 0 Å². The van der Waals surface area contributed by atoms with Gasteiger partial charge in [-0.15, -0.1) is 0 Å². The lowest BCUT2D eigenvalue weighted by molar-refractivity contribution is -0.139. The van der Waals surface area contributed by atoms with Gasteiger partial charge >= 0.3 is 5.97 Å². The number of amides is 2. The number of carbonyl (C=O) groups is 3. The van der Waals surface area contributed by atoms with Crippen LogP contribution in [0.3, 0.4) is 0 Å². The van der Waals surface area contributed by atoms with Crippen molar-refractivity contribution >= 4 is 23.5 Å². The first-order valence-electron chi connectivity index (χ1n) is 6.36. The summed E-state index contributed by atoms with van der Waals surface area (Å²) >= 11 is 0. The maximum Gasteiger partial charge on any atom is 0.326 e. The van der Waals surface area contributed by atoms with Crippen LogP contribution in [0.15, 0.2) is 24.3 Å². The van der Waals surface area contributed by atoms with Gasteiger partial charge in [-0.1, -0.05) is 12.1 Å². The molecule has 0 saturated carbocycles. The molecule has 0 aliphatic carbocycles. The molecule has 1 atom stereocenters. The molecule has 0 fully saturated rings. The van der Waals surface area contributed by atoms with Gasteiger partial charge in [0.1, 0.15) is 6.04 Å². The van der Waals surface area contributed by atoms with Gasteiger partial charge in [-0.2, -0.15) is 0 Å². The van der Waals surface area contributed by atoms with Crippen molar-refractivity contribution in [2.75, 3.05) is 18.6 Å². The molecule has 3 N–H and O–H groups in total. The van der Waals surface area contributed by atoms with Crippen LogP contribution in [0.5, 0.6) is 0 Å². The highest BCUT2D eigenvalue weighted by atomic mass is 16.4. The number of aliphatic hydroxyl groups excluding tert-OH is 1. The van der Waals surface area contributed by atoms with Gasteiger partial charge in [0.2, 0.25) is 5.91 Å². The van der Waals surface area contributed by atoms with E-state index in [9.17, 15) is 14.4 Å². The molecule has 0 spiro atoms. The van der Waals surface area contributed by atoms with E-state index in [4.69, 9.17) is 10.2 Å². The number of anilines is 1. The zero-order valence-corrected chi connectivity index (χ0v) is 11.9. The Morgan fingerprint density at radius 2 is 1.90 bits per heavy atom. The molecule has 7 nitrogen and oxygen atoms in total. The maximum atomic E-state index is 12.2. The summed E-state index contributed by atoms with van der Waals surface area (Å²) in [5.41, 5.74) is 0.579. The zero-order valence-electron chi connectivity index (χ0n) is 11.9. The highest BCUT2D eigenvalue weighted by Gasteiger charge is 2.22. The van der Waals surface area contributed by atoms with E-state index in [0.717, 1.165) is 0 Å². The highest BCUT2D eigenvalue weighted by molar-refractivity contribution is 6.05. The van der Waals surface area contributed by atoms with Crippen LogP contribution < -0.4 is 10.2 Å². The predicted molar refractivity (Wildman–Crippen MR) is 76.1 cm³/mol. The van der Waals surface area contributed by atoms with Crippen LogP contribution in [-0.4, -0.2) is 47.7 Å². The monoisotopic (exact) mass is 294 g/mol. The molecule has 1 unspecified atom stereocenters. The first kappa shape index (κ1) is 16.6. The van der Waals surface area contributed by atoms with E-state index in [0.29, 0.717) is 5.69 Å². The fraction of sp³-hybridized carbons (Fsp3) is 0.357. The van der Waals surface area contributed by atoms with E-state index in [-0.39, 0.29) is 24.5 Å². The second-order valence-corrected chi connectivity index (χ2v) is 4.47. The standard InChI is InChI=1S/C14H18N2O5/c1-9(18)16(2)12-6-4-3-5-10(12)13(19)15-11(7-8-17)14(20)21/h3-6,11,17H,7-8H2,1-2H3,(H,15,19)(H,20,21). The van der Waals surface area contributed by atoms with Crippen LogP contribution in [0, 0.1) is 0 Å². The minimum absolute atomic E-state index is 0.0915. The van der Waals surface area contributed by atoms with Crippen LogP contribution in [0.1, 0.15) is 23.7 Å². The molecule has 1 aromatic rings. The molecule has 0 aromatic heterocycles. The third-order valence-corrected chi connectivity index (χ3v) is 3.00. The van der Waals surface area contributed by atoms with Crippen molar-refractivity contribution in [1.29, 1.82) is 0 Å². The van der Waals surface area contributed by atoms with Gasteiger partial charge in [-0.3, -0.25) is 9.59 Å². The first-order valence-corrected chi connectivity index (χ1v) is 6.36. The summed E-state index contributed by atoms with van der Waals surface area (Å²) in [5.74, 6) is -2.09. The van der Waals surface area contributed by atoms with Crippen LogP contribution in [0.4, 0.5) is 5.69 Å². The summed E-state index contributed by atoms with van der Waals surface area (Å²) in [7, 11) is 1.52. The van der Waals surface area contributed by atoms with Gasteiger partial charge in [-0.05, 0) is 12.1 Å². The topological polar surface area (TPSA) is 107 Å². The van der Waals surface area contributed by atoms with Gasteiger partial charge in [0.25, 0.3) is 5.91 Å². The zero-order chi connectivity index (χ0) is 16.0. The minimum atomic E-state index is -1.23. The third-order valence-electron chi connectivity index (χ3n) is 3.00. The van der Waals surface area contributed by atoms with E-state index in [1.165, 1.54) is 24.9 Å². The lowest BCUT2D eigenvalue weighted by atomic mass is 10.1. The fourth-order valence-corrected chi connectivity index (χ4v) is 1.75. The molecule has 0 heterocycles. The smallest absolute Gasteiger partial charge is 0.326 e. The number of carboxylic acids is 1. The number of rotatable bonds is 6. The van der Waals surface area contributed by atoms with Crippen LogP contribution in [0.25, 0.3) is 0 Å². The molecule has 1 rings (SSSR count). The number of hydrogen-bond donors (Lipinski definition) is 3. The van der Waals surface area contributed by atoms with E-state index in [1.54, 1.807) is 18.2 Å². The summed E-state index contributed by atoms with van der Waals surface area (Å²) in [4.78, 5) is 35.9. The number of aliphatic carboxylic acids is 1. The molecular formula is C14H18N2O5. The van der Waals surface area contributed by atoms with Crippen molar-refractivity contribution in [2.45, 2.75) is 19.4 Å². The second-order valence-electron chi connectivity index (χ2n) is 4.47. The molecule has 114 valence electrons. The lowest BCUT2D eigenvalue weighted by Crippen LogP contribution is -2.42. The lowest BCUT2D eigenvalue weighted by Gasteiger charge is -2.20. The summed E-state index contributed by atoms with van der Waals surface area (Å²) in [6.45, 7) is 1.01. The average Bonchev–Trinajstić information content (AvgIpc) is 2.45. The Hall–Kier alpha value is -2.41. The summed E-state index contributed by atoms with van der Waals surface area (Å²) in [6, 6.07) is 5.21. The van der Waals surface area contributed by atoms with Crippen LogP contribution >= 0.6 is 0 Å². The van der Waals surface area contributed by atoms with Crippen molar-refractivity contribution in [3.8, 4) is 0 Å². The number of carboxylic acid groups (broad SMARTS) is 1. The number of benzene rings is 1. The second kappa shape index (κ2) is 7.39. The van der Waals surface area contributed by atoms with E-state index < -0.39 is 17.9 Å². The number of para-hydroxylation sites is 1. The largest absolute Gasteiger partial charge is 0.480 e. The third kappa shape index (κ3) is 4.28. The molecule has 0 aliphatic rings. The van der Waals surface area contributed by atoms with Gasteiger partial charge in [0.15, 0.2) is 0 Å². The normalized spacial score (nSPS) is 11.6. The molecule has 2 amide bonds. The number of nitrogens with zero attached hydrogens (tertiary/aromatic N) is 1. The van der Waals surface area contributed by atoms with Crippen molar-refractivity contribution in [1.82, 2.24) is 5.32 Å². The van der Waals surface area contributed by atoms with Gasteiger partial charge in [0, 0.05) is 27.0 Å². The number of carbonyl (C=O) groups excluding carboxylic acids is 2. The highest BCUT2D eigenvalue weighted by Crippen LogP contribution is 2.19. The summed E-state index contributed by atoms with van der Waals surface area (Å²) in [6.07, 6.45) is -0.0915. The molecule has 0 bridgehead atoms. The van der Waals surface area contributed by atoms with Crippen molar-refractivity contribution in [3.63, 3.8) is 0 Å². The van der Waals surface area contributed by atoms with Crippen molar-refractivity contribution in [2.24, 2.45) is 0 Å². The molecule has 0 aliphatic heterocycles. The Balaban J connectivity index is 3.02. The maximum absolute atomic E-state index is 12.2. The Labute approximate surface area is 122 Å². The number of aliphatic hydroxyl groups is 1. The molecule has 0 saturated heterocycles. The molecular weight excluding hydrogens is 276 g/mol. The first-order chi connectivity index (χ1) is 9.88.